The molecule has 0 saturated carbocycles. The van der Waals surface area contributed by atoms with Crippen molar-refractivity contribution in [2.75, 3.05) is 0 Å². The number of benzene rings is 2. The second-order valence-corrected chi connectivity index (χ2v) is 7.69. The van der Waals surface area contributed by atoms with Crippen LogP contribution in [-0.2, 0) is 6.42 Å². The van der Waals surface area contributed by atoms with E-state index in [2.05, 4.69) is 6.58 Å². The summed E-state index contributed by atoms with van der Waals surface area (Å²) in [6.45, 7) is 8.63. The molecule has 1 heterocycles. The summed E-state index contributed by atoms with van der Waals surface area (Å²) >= 11 is 0. The minimum absolute atomic E-state index is 0.0668. The molecule has 6 nitrogen and oxygen atoms in total. The lowest BCUT2D eigenvalue weighted by atomic mass is 9.89. The van der Waals surface area contributed by atoms with Crippen molar-refractivity contribution >= 4 is 16.8 Å². The molecule has 0 aliphatic carbocycles. The van der Waals surface area contributed by atoms with Crippen molar-refractivity contribution in [2.45, 2.75) is 33.3 Å². The molecule has 0 aliphatic rings. The molecule has 2 aromatic carbocycles. The van der Waals surface area contributed by atoms with E-state index in [9.17, 15) is 24.9 Å². The van der Waals surface area contributed by atoms with Gasteiger partial charge < -0.3 is 19.7 Å². The van der Waals surface area contributed by atoms with Crippen LogP contribution in [0.3, 0.4) is 0 Å². The van der Waals surface area contributed by atoms with Crippen molar-refractivity contribution < 1.29 is 24.5 Å². The Morgan fingerprint density at radius 2 is 1.77 bits per heavy atom. The van der Waals surface area contributed by atoms with Gasteiger partial charge in [-0.1, -0.05) is 56.3 Å². The van der Waals surface area contributed by atoms with Crippen molar-refractivity contribution in [3.8, 4) is 22.6 Å². The van der Waals surface area contributed by atoms with Crippen LogP contribution in [-0.4, -0.2) is 27.2 Å². The van der Waals surface area contributed by atoms with Gasteiger partial charge in [0.2, 0.25) is 0 Å². The first-order chi connectivity index (χ1) is 14.1. The summed E-state index contributed by atoms with van der Waals surface area (Å²) in [5, 5.41) is 32.4. The van der Waals surface area contributed by atoms with E-state index in [-0.39, 0.29) is 28.5 Å². The first-order valence-electron chi connectivity index (χ1n) is 9.61. The fraction of sp³-hybridized carbons (Fsp3) is 0.250. The van der Waals surface area contributed by atoms with Gasteiger partial charge in [-0.05, 0) is 12.5 Å². The monoisotopic (exact) mass is 408 g/mol. The molecule has 30 heavy (non-hydrogen) atoms. The summed E-state index contributed by atoms with van der Waals surface area (Å²) < 4.78 is 5.36. The molecule has 0 saturated heterocycles. The number of aromatic hydroxyl groups is 2. The van der Waals surface area contributed by atoms with Crippen LogP contribution < -0.4 is 5.63 Å². The molecule has 1 aromatic heterocycles. The fourth-order valence-electron chi connectivity index (χ4n) is 3.36. The quantitative estimate of drug-likeness (QED) is 0.321. The number of carbonyl (C=O) groups is 1. The molecule has 3 N–H and O–H groups in total. The zero-order valence-electron chi connectivity index (χ0n) is 17.1. The van der Waals surface area contributed by atoms with E-state index in [0.29, 0.717) is 16.7 Å². The number of phenols is 2. The summed E-state index contributed by atoms with van der Waals surface area (Å²) in [7, 11) is 0. The number of ketones is 1. The minimum Gasteiger partial charge on any atom is -0.507 e. The minimum atomic E-state index is -1.05. The smallest absolute Gasteiger partial charge is 0.336 e. The maximum Gasteiger partial charge on any atom is 0.336 e. The normalized spacial score (nSPS) is 12.3. The SMILES string of the molecule is C=C(C)[C@H](O)Cc1c(O)c(C(=O)C(C)C)c(O)c2c(-c3ccccc3)cc(=O)oc12. The molecule has 3 aromatic rings. The molecular formula is C24H24O6. The molecule has 0 amide bonds. The number of hydrogen-bond donors (Lipinski definition) is 3. The van der Waals surface area contributed by atoms with Crippen LogP contribution in [0.5, 0.6) is 11.5 Å². The zero-order valence-corrected chi connectivity index (χ0v) is 17.1. The number of phenolic OH excluding ortho intramolecular Hbond substituents is 2. The van der Waals surface area contributed by atoms with E-state index in [1.165, 1.54) is 6.07 Å². The molecule has 0 radical (unpaired) electrons. The Balaban J connectivity index is 2.50. The van der Waals surface area contributed by atoms with Crippen molar-refractivity contribution in [2.24, 2.45) is 5.92 Å². The van der Waals surface area contributed by atoms with Crippen molar-refractivity contribution in [1.29, 1.82) is 0 Å². The summed E-state index contributed by atoms with van der Waals surface area (Å²) in [5.74, 6) is -1.94. The van der Waals surface area contributed by atoms with Gasteiger partial charge in [0.05, 0.1) is 11.5 Å². The van der Waals surface area contributed by atoms with Crippen LogP contribution in [0, 0.1) is 5.92 Å². The Kier molecular flexibility index (Phi) is 5.80. The third-order valence-electron chi connectivity index (χ3n) is 5.05. The van der Waals surface area contributed by atoms with Crippen molar-refractivity contribution in [3.05, 3.63) is 70.1 Å². The first-order valence-corrected chi connectivity index (χ1v) is 9.61. The molecule has 0 spiro atoms. The Bertz CT molecular complexity index is 1190. The highest BCUT2D eigenvalue weighted by atomic mass is 16.4. The third-order valence-corrected chi connectivity index (χ3v) is 5.05. The number of rotatable bonds is 6. The van der Waals surface area contributed by atoms with Crippen LogP contribution in [0.15, 0.2) is 57.8 Å². The lowest BCUT2D eigenvalue weighted by molar-refractivity contribution is 0.0933. The highest BCUT2D eigenvalue weighted by Gasteiger charge is 2.29. The number of Topliss-reactive ketones (excluding diaryl/α,β-unsaturated/α-hetero) is 1. The van der Waals surface area contributed by atoms with E-state index < -0.39 is 34.9 Å². The third kappa shape index (κ3) is 3.74. The molecule has 1 atom stereocenters. The van der Waals surface area contributed by atoms with Crippen LogP contribution in [0.1, 0.15) is 36.7 Å². The lowest BCUT2D eigenvalue weighted by Gasteiger charge is -2.19. The van der Waals surface area contributed by atoms with E-state index >= 15 is 0 Å². The van der Waals surface area contributed by atoms with E-state index in [1.54, 1.807) is 45.0 Å². The Morgan fingerprint density at radius 3 is 2.33 bits per heavy atom. The lowest BCUT2D eigenvalue weighted by Crippen LogP contribution is -2.15. The van der Waals surface area contributed by atoms with Crippen LogP contribution in [0.2, 0.25) is 0 Å². The highest BCUT2D eigenvalue weighted by Crippen LogP contribution is 2.44. The fourth-order valence-corrected chi connectivity index (χ4v) is 3.36. The van der Waals surface area contributed by atoms with Crippen molar-refractivity contribution in [3.63, 3.8) is 0 Å². The number of fused-ring (bicyclic) bond motifs is 1. The van der Waals surface area contributed by atoms with Gasteiger partial charge >= 0.3 is 5.63 Å². The predicted molar refractivity (Wildman–Crippen MR) is 115 cm³/mol. The van der Waals surface area contributed by atoms with Gasteiger partial charge in [0.25, 0.3) is 0 Å². The summed E-state index contributed by atoms with van der Waals surface area (Å²) in [6, 6.07) is 10.1. The van der Waals surface area contributed by atoms with Crippen LogP contribution >= 0.6 is 0 Å². The van der Waals surface area contributed by atoms with E-state index in [1.807, 2.05) is 6.07 Å². The molecule has 0 unspecified atom stereocenters. The average Bonchev–Trinajstić information content (AvgIpc) is 2.70. The van der Waals surface area contributed by atoms with Gasteiger partial charge in [0, 0.05) is 29.5 Å². The Labute approximate surface area is 173 Å². The Morgan fingerprint density at radius 1 is 1.13 bits per heavy atom. The molecular weight excluding hydrogens is 384 g/mol. The largest absolute Gasteiger partial charge is 0.507 e. The van der Waals surface area contributed by atoms with Crippen molar-refractivity contribution in [1.82, 2.24) is 0 Å². The standard InChI is InChI=1S/C24H24O6/c1-12(2)17(25)10-16-22(28)20(21(27)13(3)4)23(29)19-15(11-18(26)30-24(16)19)14-8-6-5-7-9-14/h5-9,11,13,17,25,28-29H,1,10H2,2-4H3/t17-/m1/s1. The Hall–Kier alpha value is -3.38. The molecule has 156 valence electrons. The maximum atomic E-state index is 12.8. The molecule has 0 fully saturated rings. The zero-order chi connectivity index (χ0) is 22.2. The molecule has 3 rings (SSSR count). The molecule has 6 heteroatoms. The molecule has 0 bridgehead atoms. The molecule has 0 aliphatic heterocycles. The number of aliphatic hydroxyl groups is 1. The summed E-state index contributed by atoms with van der Waals surface area (Å²) in [4.78, 5) is 25.1. The summed E-state index contributed by atoms with van der Waals surface area (Å²) in [6.07, 6.45) is -1.19. The van der Waals surface area contributed by atoms with Gasteiger partial charge in [0.15, 0.2) is 5.78 Å². The topological polar surface area (TPSA) is 108 Å². The van der Waals surface area contributed by atoms with E-state index in [0.717, 1.165) is 0 Å². The first kappa shape index (κ1) is 21.3. The number of aliphatic hydroxyl groups excluding tert-OH is 1. The second kappa shape index (κ2) is 8.16. The van der Waals surface area contributed by atoms with Gasteiger partial charge in [-0.25, -0.2) is 4.79 Å². The van der Waals surface area contributed by atoms with Gasteiger partial charge in [-0.15, -0.1) is 0 Å². The van der Waals surface area contributed by atoms with Crippen LogP contribution in [0.25, 0.3) is 22.1 Å². The van der Waals surface area contributed by atoms with Gasteiger partial charge in [-0.3, -0.25) is 4.79 Å². The predicted octanol–water partition coefficient (Wildman–Crippen LogP) is 4.19. The number of carbonyl (C=O) groups excluding carboxylic acids is 1. The second-order valence-electron chi connectivity index (χ2n) is 7.69. The van der Waals surface area contributed by atoms with Crippen LogP contribution in [0.4, 0.5) is 0 Å². The average molecular weight is 408 g/mol. The van der Waals surface area contributed by atoms with E-state index in [4.69, 9.17) is 4.42 Å². The van der Waals surface area contributed by atoms with Gasteiger partial charge in [0.1, 0.15) is 22.6 Å². The van der Waals surface area contributed by atoms with Gasteiger partial charge in [-0.2, -0.15) is 0 Å². The maximum absolute atomic E-state index is 12.8. The highest BCUT2D eigenvalue weighted by molar-refractivity contribution is 6.11. The summed E-state index contributed by atoms with van der Waals surface area (Å²) in [5.41, 5.74) is 0.485. The number of hydrogen-bond acceptors (Lipinski definition) is 6.